The fraction of sp³-hybridized carbons (Fsp3) is 0.636. The standard InChI is InChI=1S/C11H16N2O/c14-7-10-6-11(13-8-12-10)9-4-2-1-3-5-9/h6,8-9,14H,1-5,7H2. The molecule has 2 rings (SSSR count). The van der Waals surface area contributed by atoms with Crippen LogP contribution in [0.1, 0.15) is 49.4 Å². The first kappa shape index (κ1) is 9.59. The maximum absolute atomic E-state index is 8.97. The Kier molecular flexibility index (Phi) is 3.09. The molecule has 3 nitrogen and oxygen atoms in total. The van der Waals surface area contributed by atoms with E-state index < -0.39 is 0 Å². The van der Waals surface area contributed by atoms with Gasteiger partial charge >= 0.3 is 0 Å². The van der Waals surface area contributed by atoms with Crippen molar-refractivity contribution in [2.24, 2.45) is 0 Å². The highest BCUT2D eigenvalue weighted by Gasteiger charge is 2.16. The number of aliphatic hydroxyl groups is 1. The molecule has 0 aliphatic heterocycles. The van der Waals surface area contributed by atoms with Gasteiger partial charge in [0, 0.05) is 11.6 Å². The average molecular weight is 192 g/mol. The third-order valence-corrected chi connectivity index (χ3v) is 2.93. The van der Waals surface area contributed by atoms with E-state index in [1.807, 2.05) is 6.07 Å². The fourth-order valence-corrected chi connectivity index (χ4v) is 2.12. The number of hydrogen-bond donors (Lipinski definition) is 1. The molecule has 0 bridgehead atoms. The van der Waals surface area contributed by atoms with Crippen LogP contribution in [0.5, 0.6) is 0 Å². The molecule has 1 aromatic rings. The number of hydrogen-bond acceptors (Lipinski definition) is 3. The normalized spacial score (nSPS) is 18.4. The molecule has 14 heavy (non-hydrogen) atoms. The van der Waals surface area contributed by atoms with Gasteiger partial charge in [-0.3, -0.25) is 0 Å². The first-order chi connectivity index (χ1) is 6.90. The summed E-state index contributed by atoms with van der Waals surface area (Å²) in [5.74, 6) is 0.594. The van der Waals surface area contributed by atoms with Gasteiger partial charge in [-0.05, 0) is 18.9 Å². The van der Waals surface area contributed by atoms with Crippen molar-refractivity contribution in [1.29, 1.82) is 0 Å². The van der Waals surface area contributed by atoms with E-state index in [0.717, 1.165) is 11.4 Å². The van der Waals surface area contributed by atoms with Crippen LogP contribution in [0.2, 0.25) is 0 Å². The molecule has 0 unspecified atom stereocenters. The minimum absolute atomic E-state index is 0.0161. The van der Waals surface area contributed by atoms with Gasteiger partial charge in [-0.1, -0.05) is 19.3 Å². The van der Waals surface area contributed by atoms with Crippen molar-refractivity contribution in [1.82, 2.24) is 9.97 Å². The molecule has 0 radical (unpaired) electrons. The lowest BCUT2D eigenvalue weighted by atomic mass is 9.87. The van der Waals surface area contributed by atoms with Crippen molar-refractivity contribution in [2.75, 3.05) is 0 Å². The Hall–Kier alpha value is -0.960. The van der Waals surface area contributed by atoms with Gasteiger partial charge < -0.3 is 5.11 Å². The Morgan fingerprint density at radius 2 is 2.00 bits per heavy atom. The van der Waals surface area contributed by atoms with Crippen LogP contribution >= 0.6 is 0 Å². The summed E-state index contributed by atoms with van der Waals surface area (Å²) in [4.78, 5) is 8.28. The lowest BCUT2D eigenvalue weighted by Crippen LogP contribution is -2.07. The maximum Gasteiger partial charge on any atom is 0.116 e. The van der Waals surface area contributed by atoms with Gasteiger partial charge in [0.15, 0.2) is 0 Å². The van der Waals surface area contributed by atoms with E-state index >= 15 is 0 Å². The van der Waals surface area contributed by atoms with Crippen LogP contribution in [0.25, 0.3) is 0 Å². The molecule has 1 N–H and O–H groups in total. The van der Waals surface area contributed by atoms with Gasteiger partial charge in [0.2, 0.25) is 0 Å². The van der Waals surface area contributed by atoms with E-state index in [9.17, 15) is 0 Å². The van der Waals surface area contributed by atoms with Crippen molar-refractivity contribution in [3.05, 3.63) is 23.8 Å². The molecule has 1 aliphatic carbocycles. The number of aliphatic hydroxyl groups excluding tert-OH is 1. The Labute approximate surface area is 84.2 Å². The van der Waals surface area contributed by atoms with E-state index in [0.29, 0.717) is 5.92 Å². The highest BCUT2D eigenvalue weighted by atomic mass is 16.3. The lowest BCUT2D eigenvalue weighted by molar-refractivity contribution is 0.276. The molecule has 1 saturated carbocycles. The lowest BCUT2D eigenvalue weighted by Gasteiger charge is -2.20. The Morgan fingerprint density at radius 1 is 1.21 bits per heavy atom. The Morgan fingerprint density at radius 3 is 2.71 bits per heavy atom. The van der Waals surface area contributed by atoms with Gasteiger partial charge in [0.1, 0.15) is 6.33 Å². The van der Waals surface area contributed by atoms with E-state index in [1.165, 1.54) is 32.1 Å². The monoisotopic (exact) mass is 192 g/mol. The number of aromatic nitrogens is 2. The Balaban J connectivity index is 2.13. The van der Waals surface area contributed by atoms with Gasteiger partial charge in [-0.15, -0.1) is 0 Å². The topological polar surface area (TPSA) is 46.0 Å². The quantitative estimate of drug-likeness (QED) is 0.779. The summed E-state index contributed by atoms with van der Waals surface area (Å²) in [6, 6.07) is 1.94. The van der Waals surface area contributed by atoms with E-state index in [4.69, 9.17) is 5.11 Å². The van der Waals surface area contributed by atoms with Crippen molar-refractivity contribution >= 4 is 0 Å². The third kappa shape index (κ3) is 2.10. The zero-order chi connectivity index (χ0) is 9.80. The first-order valence-electron chi connectivity index (χ1n) is 5.32. The van der Waals surface area contributed by atoms with Gasteiger partial charge in [0.05, 0.1) is 12.3 Å². The second kappa shape index (κ2) is 4.51. The smallest absolute Gasteiger partial charge is 0.116 e. The zero-order valence-corrected chi connectivity index (χ0v) is 8.32. The molecule has 1 aliphatic rings. The van der Waals surface area contributed by atoms with Crippen LogP contribution in [0.15, 0.2) is 12.4 Å². The van der Waals surface area contributed by atoms with Crippen LogP contribution in [-0.4, -0.2) is 15.1 Å². The van der Waals surface area contributed by atoms with Crippen LogP contribution in [-0.2, 0) is 6.61 Å². The summed E-state index contributed by atoms with van der Waals surface area (Å²) in [6.07, 6.45) is 8.01. The molecule has 0 aromatic carbocycles. The Bertz CT molecular complexity index is 295. The molecule has 1 aromatic heterocycles. The summed E-state index contributed by atoms with van der Waals surface area (Å²) in [5.41, 5.74) is 1.85. The fourth-order valence-electron chi connectivity index (χ4n) is 2.12. The zero-order valence-electron chi connectivity index (χ0n) is 8.32. The largest absolute Gasteiger partial charge is 0.390 e. The molecular weight excluding hydrogens is 176 g/mol. The van der Waals surface area contributed by atoms with Crippen molar-refractivity contribution in [2.45, 2.75) is 44.6 Å². The summed E-state index contributed by atoms with van der Waals surface area (Å²) in [7, 11) is 0. The third-order valence-electron chi connectivity index (χ3n) is 2.93. The molecular formula is C11H16N2O. The predicted octanol–water partition coefficient (Wildman–Crippen LogP) is 2.02. The SMILES string of the molecule is OCc1cc(C2CCCCC2)ncn1. The van der Waals surface area contributed by atoms with Crippen LogP contribution in [0.3, 0.4) is 0 Å². The summed E-state index contributed by atoms with van der Waals surface area (Å²) >= 11 is 0. The molecule has 76 valence electrons. The van der Waals surface area contributed by atoms with Crippen LogP contribution in [0, 0.1) is 0 Å². The summed E-state index contributed by atoms with van der Waals surface area (Å²) < 4.78 is 0. The molecule has 1 heterocycles. The first-order valence-corrected chi connectivity index (χ1v) is 5.32. The van der Waals surface area contributed by atoms with Gasteiger partial charge in [-0.25, -0.2) is 9.97 Å². The minimum Gasteiger partial charge on any atom is -0.390 e. The average Bonchev–Trinajstić information content (AvgIpc) is 2.30. The molecule has 0 atom stereocenters. The molecule has 0 amide bonds. The molecule has 0 saturated heterocycles. The maximum atomic E-state index is 8.97. The molecule has 0 spiro atoms. The van der Waals surface area contributed by atoms with E-state index in [2.05, 4.69) is 9.97 Å². The highest BCUT2D eigenvalue weighted by Crippen LogP contribution is 2.31. The number of nitrogens with zero attached hydrogens (tertiary/aromatic N) is 2. The van der Waals surface area contributed by atoms with E-state index in [-0.39, 0.29) is 6.61 Å². The summed E-state index contributed by atoms with van der Waals surface area (Å²) in [5, 5.41) is 8.97. The second-order valence-electron chi connectivity index (χ2n) is 3.93. The predicted molar refractivity (Wildman–Crippen MR) is 53.8 cm³/mol. The second-order valence-corrected chi connectivity index (χ2v) is 3.93. The van der Waals surface area contributed by atoms with Crippen LogP contribution < -0.4 is 0 Å². The van der Waals surface area contributed by atoms with Crippen molar-refractivity contribution in [3.8, 4) is 0 Å². The van der Waals surface area contributed by atoms with Crippen molar-refractivity contribution < 1.29 is 5.11 Å². The minimum atomic E-state index is 0.0161. The summed E-state index contributed by atoms with van der Waals surface area (Å²) in [6.45, 7) is 0.0161. The molecule has 3 heteroatoms. The molecule has 1 fully saturated rings. The van der Waals surface area contributed by atoms with E-state index in [1.54, 1.807) is 6.33 Å². The van der Waals surface area contributed by atoms with Crippen molar-refractivity contribution in [3.63, 3.8) is 0 Å². The van der Waals surface area contributed by atoms with Gasteiger partial charge in [0.25, 0.3) is 0 Å². The number of rotatable bonds is 2. The highest BCUT2D eigenvalue weighted by molar-refractivity contribution is 5.12. The van der Waals surface area contributed by atoms with Gasteiger partial charge in [-0.2, -0.15) is 0 Å². The van der Waals surface area contributed by atoms with Crippen LogP contribution in [0.4, 0.5) is 0 Å².